The number of benzene rings is 2. The third kappa shape index (κ3) is 2.63. The Morgan fingerprint density at radius 2 is 1.38 bits per heavy atom. The minimum atomic E-state index is 0.539. The van der Waals surface area contributed by atoms with Gasteiger partial charge < -0.3 is 4.90 Å². The molecule has 1 fully saturated rings. The molecular formula is C19H21NS. The van der Waals surface area contributed by atoms with Crippen LogP contribution in [0.1, 0.15) is 36.3 Å². The Hall–Kier alpha value is -1.25. The van der Waals surface area contributed by atoms with Gasteiger partial charge in [0, 0.05) is 22.3 Å². The lowest BCUT2D eigenvalue weighted by Crippen LogP contribution is -2.34. The van der Waals surface area contributed by atoms with E-state index >= 15 is 0 Å². The Balaban J connectivity index is 1.70. The van der Waals surface area contributed by atoms with Gasteiger partial charge in [-0.2, -0.15) is 0 Å². The highest BCUT2D eigenvalue weighted by atomic mass is 32.2. The summed E-state index contributed by atoms with van der Waals surface area (Å²) in [6, 6.07) is 17.9. The predicted octanol–water partition coefficient (Wildman–Crippen LogP) is 4.77. The molecule has 0 aromatic heterocycles. The molecule has 0 spiro atoms. The number of nitrogens with zero attached hydrogens (tertiary/aromatic N) is 1. The van der Waals surface area contributed by atoms with E-state index in [-0.39, 0.29) is 0 Å². The summed E-state index contributed by atoms with van der Waals surface area (Å²) in [7, 11) is 0. The van der Waals surface area contributed by atoms with Crippen molar-refractivity contribution in [2.24, 2.45) is 0 Å². The van der Waals surface area contributed by atoms with Gasteiger partial charge in [0.05, 0.1) is 0 Å². The molecule has 2 aliphatic rings. The summed E-state index contributed by atoms with van der Waals surface area (Å²) < 4.78 is 0. The molecule has 0 atom stereocenters. The van der Waals surface area contributed by atoms with Crippen LogP contribution in [0.15, 0.2) is 58.3 Å². The van der Waals surface area contributed by atoms with E-state index in [1.54, 1.807) is 0 Å². The molecule has 2 heteroatoms. The molecule has 2 heterocycles. The van der Waals surface area contributed by atoms with Crippen molar-refractivity contribution in [1.29, 1.82) is 0 Å². The number of fused-ring (bicyclic) bond motifs is 2. The van der Waals surface area contributed by atoms with Crippen LogP contribution in [0.2, 0.25) is 0 Å². The van der Waals surface area contributed by atoms with Crippen LogP contribution in [-0.4, -0.2) is 24.5 Å². The van der Waals surface area contributed by atoms with Gasteiger partial charge >= 0.3 is 0 Å². The van der Waals surface area contributed by atoms with E-state index in [1.165, 1.54) is 59.8 Å². The molecule has 4 rings (SSSR count). The maximum absolute atomic E-state index is 2.66. The van der Waals surface area contributed by atoms with Gasteiger partial charge in [-0.1, -0.05) is 54.6 Å². The van der Waals surface area contributed by atoms with Crippen molar-refractivity contribution in [3.63, 3.8) is 0 Å². The van der Waals surface area contributed by atoms with Gasteiger partial charge in [0.1, 0.15) is 0 Å². The van der Waals surface area contributed by atoms with Crippen LogP contribution < -0.4 is 0 Å². The first-order chi connectivity index (χ1) is 10.4. The molecule has 108 valence electrons. The molecule has 2 aliphatic heterocycles. The molecule has 0 bridgehead atoms. The van der Waals surface area contributed by atoms with Crippen molar-refractivity contribution in [3.8, 4) is 0 Å². The smallest absolute Gasteiger partial charge is 0.0239 e. The quantitative estimate of drug-likeness (QED) is 0.785. The second-order valence-corrected chi connectivity index (χ2v) is 7.18. The van der Waals surface area contributed by atoms with Crippen molar-refractivity contribution >= 4 is 11.8 Å². The van der Waals surface area contributed by atoms with Crippen molar-refractivity contribution < 1.29 is 0 Å². The Morgan fingerprint density at radius 3 is 2.00 bits per heavy atom. The molecule has 2 aromatic rings. The maximum atomic E-state index is 2.66. The van der Waals surface area contributed by atoms with Gasteiger partial charge in [-0.05, 0) is 49.2 Å². The lowest BCUT2D eigenvalue weighted by atomic mass is 9.89. The van der Waals surface area contributed by atoms with E-state index in [4.69, 9.17) is 0 Å². The van der Waals surface area contributed by atoms with Crippen molar-refractivity contribution in [2.45, 2.75) is 35.0 Å². The van der Waals surface area contributed by atoms with Gasteiger partial charge in [0.15, 0.2) is 0 Å². The average molecular weight is 295 g/mol. The standard InChI is InChI=1S/C19H21NS/c1-6-12-20(13-7-1)14-17-15-8-2-4-10-18(15)21-19-11-5-3-9-16(17)19/h2-5,8-11,17H,1,6-7,12-14H2. The zero-order valence-electron chi connectivity index (χ0n) is 12.3. The Morgan fingerprint density at radius 1 is 0.810 bits per heavy atom. The fourth-order valence-corrected chi connectivity index (χ4v) is 4.79. The highest BCUT2D eigenvalue weighted by Crippen LogP contribution is 2.45. The molecule has 1 saturated heterocycles. The summed E-state index contributed by atoms with van der Waals surface area (Å²) in [5, 5.41) is 0. The van der Waals surface area contributed by atoms with Crippen molar-refractivity contribution in [1.82, 2.24) is 4.90 Å². The van der Waals surface area contributed by atoms with E-state index < -0.39 is 0 Å². The van der Waals surface area contributed by atoms with Gasteiger partial charge in [-0.3, -0.25) is 0 Å². The fraction of sp³-hybridized carbons (Fsp3) is 0.368. The molecule has 0 amide bonds. The van der Waals surface area contributed by atoms with Gasteiger partial charge in [0.25, 0.3) is 0 Å². The Labute approximate surface area is 131 Å². The van der Waals surface area contributed by atoms with Gasteiger partial charge in [0.2, 0.25) is 0 Å². The van der Waals surface area contributed by atoms with Crippen LogP contribution in [0, 0.1) is 0 Å². The zero-order chi connectivity index (χ0) is 14.1. The van der Waals surface area contributed by atoms with E-state index in [1.807, 2.05) is 11.8 Å². The van der Waals surface area contributed by atoms with E-state index in [9.17, 15) is 0 Å². The minimum Gasteiger partial charge on any atom is -0.302 e. The molecule has 0 N–H and O–H groups in total. The summed E-state index contributed by atoms with van der Waals surface area (Å²) in [5.41, 5.74) is 3.04. The lowest BCUT2D eigenvalue weighted by molar-refractivity contribution is 0.221. The monoisotopic (exact) mass is 295 g/mol. The van der Waals surface area contributed by atoms with Crippen LogP contribution in [0.4, 0.5) is 0 Å². The maximum Gasteiger partial charge on any atom is 0.0239 e. The highest BCUT2D eigenvalue weighted by Gasteiger charge is 2.27. The summed E-state index contributed by atoms with van der Waals surface area (Å²) in [4.78, 5) is 5.55. The molecule has 0 radical (unpaired) electrons. The molecule has 0 unspecified atom stereocenters. The van der Waals surface area contributed by atoms with Crippen LogP contribution in [0.3, 0.4) is 0 Å². The highest BCUT2D eigenvalue weighted by molar-refractivity contribution is 7.99. The Bertz CT molecular complexity index is 585. The van der Waals surface area contributed by atoms with Crippen molar-refractivity contribution in [2.75, 3.05) is 19.6 Å². The number of hydrogen-bond donors (Lipinski definition) is 0. The molecule has 21 heavy (non-hydrogen) atoms. The molecule has 2 aromatic carbocycles. The third-order valence-corrected chi connectivity index (χ3v) is 5.88. The topological polar surface area (TPSA) is 3.24 Å². The first-order valence-electron chi connectivity index (χ1n) is 8.00. The Kier molecular flexibility index (Phi) is 3.74. The van der Waals surface area contributed by atoms with Gasteiger partial charge in [-0.25, -0.2) is 0 Å². The zero-order valence-corrected chi connectivity index (χ0v) is 13.1. The number of rotatable bonds is 2. The van der Waals surface area contributed by atoms with E-state index in [0.29, 0.717) is 5.92 Å². The number of likely N-dealkylation sites (tertiary alicyclic amines) is 1. The summed E-state index contributed by atoms with van der Waals surface area (Å²) in [5.74, 6) is 0.539. The second kappa shape index (κ2) is 5.86. The summed E-state index contributed by atoms with van der Waals surface area (Å²) in [6.07, 6.45) is 4.14. The van der Waals surface area contributed by atoms with Crippen molar-refractivity contribution in [3.05, 3.63) is 59.7 Å². The molecule has 0 aliphatic carbocycles. The van der Waals surface area contributed by atoms with Crippen LogP contribution in [0.5, 0.6) is 0 Å². The second-order valence-electron chi connectivity index (χ2n) is 6.09. The number of piperidine rings is 1. The predicted molar refractivity (Wildman–Crippen MR) is 89.1 cm³/mol. The first-order valence-corrected chi connectivity index (χ1v) is 8.81. The summed E-state index contributed by atoms with van der Waals surface area (Å²) >= 11 is 1.93. The molecule has 0 saturated carbocycles. The van der Waals surface area contributed by atoms with Crippen LogP contribution >= 0.6 is 11.8 Å². The van der Waals surface area contributed by atoms with Gasteiger partial charge in [-0.15, -0.1) is 0 Å². The molecular weight excluding hydrogens is 274 g/mol. The minimum absolute atomic E-state index is 0.539. The number of hydrogen-bond acceptors (Lipinski definition) is 2. The lowest BCUT2D eigenvalue weighted by Gasteiger charge is -2.34. The largest absolute Gasteiger partial charge is 0.302 e. The SMILES string of the molecule is c1ccc2c(c1)Sc1ccccc1C2CN1CCCCC1. The van der Waals surface area contributed by atoms with E-state index in [2.05, 4.69) is 53.4 Å². The van der Waals surface area contributed by atoms with Crippen LogP contribution in [-0.2, 0) is 0 Å². The van der Waals surface area contributed by atoms with E-state index in [0.717, 1.165) is 0 Å². The molecule has 1 nitrogen and oxygen atoms in total. The first kappa shape index (κ1) is 13.4. The third-order valence-electron chi connectivity index (χ3n) is 4.70. The fourth-order valence-electron chi connectivity index (χ4n) is 3.61. The van der Waals surface area contributed by atoms with Crippen LogP contribution in [0.25, 0.3) is 0 Å². The summed E-state index contributed by atoms with van der Waals surface area (Å²) in [6.45, 7) is 3.72. The normalized spacial score (nSPS) is 19.0. The average Bonchev–Trinajstić information content (AvgIpc) is 2.55.